The van der Waals surface area contributed by atoms with Crippen molar-refractivity contribution >= 4 is 27.4 Å². The lowest BCUT2D eigenvalue weighted by molar-refractivity contribution is -0.169. The number of nitrogens with two attached hydrogens (primary N) is 1. The van der Waals surface area contributed by atoms with Gasteiger partial charge in [-0.2, -0.15) is 4.31 Å². The zero-order chi connectivity index (χ0) is 29.8. The molecular formula is C30H33N5O6S. The highest BCUT2D eigenvalue weighted by Crippen LogP contribution is 2.60. The Bertz CT molecular complexity index is 1780. The van der Waals surface area contributed by atoms with Crippen molar-refractivity contribution < 1.29 is 27.9 Å². The average Bonchev–Trinajstić information content (AvgIpc) is 3.38. The predicted octanol–water partition coefficient (Wildman–Crippen LogP) is 2.02. The van der Waals surface area contributed by atoms with Crippen LogP contribution in [0, 0.1) is 12.8 Å². The van der Waals surface area contributed by atoms with Crippen molar-refractivity contribution in [1.29, 1.82) is 0 Å². The number of aryl methyl sites for hydroxylation is 1. The Labute approximate surface area is 243 Å². The van der Waals surface area contributed by atoms with Crippen LogP contribution in [0.15, 0.2) is 47.5 Å². The van der Waals surface area contributed by atoms with E-state index in [2.05, 4.69) is 17.2 Å². The van der Waals surface area contributed by atoms with Gasteiger partial charge in [0, 0.05) is 43.0 Å². The Kier molecular flexibility index (Phi) is 5.75. The number of aromatic amines is 1. The fraction of sp³-hybridized carbons (Fsp3) is 0.400. The van der Waals surface area contributed by atoms with Crippen LogP contribution < -0.4 is 15.8 Å². The first kappa shape index (κ1) is 27.1. The predicted molar refractivity (Wildman–Crippen MR) is 154 cm³/mol. The second kappa shape index (κ2) is 8.90. The Morgan fingerprint density at radius 1 is 1.14 bits per heavy atom. The number of anilines is 1. The minimum atomic E-state index is -3.89. The van der Waals surface area contributed by atoms with Gasteiger partial charge in [-0.25, -0.2) is 8.42 Å². The van der Waals surface area contributed by atoms with Crippen LogP contribution in [0.3, 0.4) is 0 Å². The van der Waals surface area contributed by atoms with Gasteiger partial charge in [0.15, 0.2) is 0 Å². The number of ether oxygens (including phenoxy) is 1. The molecule has 11 nitrogen and oxygen atoms in total. The molecule has 12 heteroatoms. The molecule has 2 aliphatic carbocycles. The number of hydrogen-bond acceptors (Lipinski definition) is 8. The molecule has 0 spiro atoms. The van der Waals surface area contributed by atoms with Gasteiger partial charge in [-0.3, -0.25) is 9.59 Å². The van der Waals surface area contributed by atoms with Crippen molar-refractivity contribution in [3.63, 3.8) is 0 Å². The van der Waals surface area contributed by atoms with E-state index in [9.17, 15) is 23.1 Å². The number of amides is 1. The second-order valence-corrected chi connectivity index (χ2v) is 13.9. The average molecular weight is 592 g/mol. The molecule has 1 aromatic heterocycles. The standard InChI is InChI=1S/C30H33N5O6S/c1-16-13-19(16)18-7-8-20-23(15-18)41-30(38)21-5-4-6-22(31)25(21)27(36)29(20,30)33-28(37)26-17(2)14-24(32-26)42(39,40)35-11-9-34(3)10-12-35/h4-8,14-16,19,32,38H,9-13,31H2,1-3H3,(H,33,37)/t16-,19-,29?,30?/m0/s1. The van der Waals surface area contributed by atoms with Crippen LogP contribution in [-0.4, -0.2) is 72.6 Å². The summed E-state index contributed by atoms with van der Waals surface area (Å²) in [4.78, 5) is 33.1. The smallest absolute Gasteiger partial charge is 0.271 e. The Morgan fingerprint density at radius 2 is 1.86 bits per heavy atom. The molecule has 3 aromatic rings. The summed E-state index contributed by atoms with van der Waals surface area (Å²) < 4.78 is 34.4. The van der Waals surface area contributed by atoms with E-state index in [-0.39, 0.29) is 27.5 Å². The van der Waals surface area contributed by atoms with Crippen molar-refractivity contribution in [3.05, 3.63) is 76.0 Å². The number of nitrogens with zero attached hydrogens (tertiary/aromatic N) is 2. The van der Waals surface area contributed by atoms with Crippen LogP contribution in [0.2, 0.25) is 0 Å². The molecule has 42 heavy (non-hydrogen) atoms. The van der Waals surface area contributed by atoms with Gasteiger partial charge in [-0.15, -0.1) is 0 Å². The molecule has 4 atom stereocenters. The molecule has 2 fully saturated rings. The lowest BCUT2D eigenvalue weighted by Crippen LogP contribution is -2.60. The van der Waals surface area contributed by atoms with E-state index in [0.29, 0.717) is 54.9 Å². The number of Topliss-reactive ketones (excluding diaryl/α,β-unsaturated/α-hetero) is 1. The van der Waals surface area contributed by atoms with Crippen LogP contribution in [-0.2, 0) is 21.3 Å². The Balaban J connectivity index is 1.30. The fourth-order valence-corrected chi connectivity index (χ4v) is 8.18. The number of likely N-dealkylation sites (N-methyl/N-ethyl adjacent to an activating group) is 1. The highest BCUT2D eigenvalue weighted by Gasteiger charge is 2.72. The number of hydrogen-bond donors (Lipinski definition) is 4. The number of aliphatic hydroxyl groups is 1. The molecular weight excluding hydrogens is 558 g/mol. The maximum absolute atomic E-state index is 14.3. The van der Waals surface area contributed by atoms with Crippen LogP contribution in [0.25, 0.3) is 0 Å². The van der Waals surface area contributed by atoms with Gasteiger partial charge in [0.2, 0.25) is 11.3 Å². The first-order chi connectivity index (χ1) is 19.9. The molecule has 2 unspecified atom stereocenters. The van der Waals surface area contributed by atoms with Crippen molar-refractivity contribution in [2.24, 2.45) is 5.92 Å². The van der Waals surface area contributed by atoms with E-state index in [1.807, 2.05) is 24.1 Å². The number of carbonyl (C=O) groups is 2. The SMILES string of the molecule is Cc1cc(S(=O)(=O)N2CCN(C)CC2)[nH]c1C(=O)NC12C(=O)c3c(N)cccc3C1(O)Oc1cc([C@H]3C[C@@H]3C)ccc12. The molecule has 2 aliphatic heterocycles. The number of nitrogen functional groups attached to an aromatic ring is 1. The van der Waals surface area contributed by atoms with E-state index >= 15 is 0 Å². The molecule has 1 saturated carbocycles. The third kappa shape index (κ3) is 3.58. The molecule has 2 aromatic carbocycles. The second-order valence-electron chi connectivity index (χ2n) is 12.0. The molecule has 0 bridgehead atoms. The minimum Gasteiger partial charge on any atom is -0.454 e. The fourth-order valence-electron chi connectivity index (χ4n) is 6.71. The highest BCUT2D eigenvalue weighted by atomic mass is 32.2. The van der Waals surface area contributed by atoms with Crippen molar-refractivity contribution in [2.75, 3.05) is 39.0 Å². The van der Waals surface area contributed by atoms with Crippen LogP contribution in [0.4, 0.5) is 5.69 Å². The number of aromatic nitrogens is 1. The van der Waals surface area contributed by atoms with Gasteiger partial charge in [0.1, 0.15) is 16.5 Å². The van der Waals surface area contributed by atoms with E-state index in [1.54, 1.807) is 31.2 Å². The normalized spacial score (nSPS) is 28.6. The monoisotopic (exact) mass is 591 g/mol. The van der Waals surface area contributed by atoms with E-state index < -0.39 is 33.0 Å². The maximum Gasteiger partial charge on any atom is 0.271 e. The van der Waals surface area contributed by atoms with Gasteiger partial charge < -0.3 is 30.8 Å². The van der Waals surface area contributed by atoms with Gasteiger partial charge >= 0.3 is 0 Å². The summed E-state index contributed by atoms with van der Waals surface area (Å²) in [5.74, 6) is -2.45. The quantitative estimate of drug-likeness (QED) is 0.328. The zero-order valence-electron chi connectivity index (χ0n) is 23.6. The molecule has 1 saturated heterocycles. The molecule has 7 rings (SSSR count). The molecule has 0 radical (unpaired) electrons. The maximum atomic E-state index is 14.3. The number of H-pyrrole nitrogens is 1. The lowest BCUT2D eigenvalue weighted by Gasteiger charge is -2.34. The van der Waals surface area contributed by atoms with Crippen LogP contribution in [0.5, 0.6) is 5.75 Å². The summed E-state index contributed by atoms with van der Waals surface area (Å²) in [6, 6.07) is 11.6. The molecule has 220 valence electrons. The molecule has 5 N–H and O–H groups in total. The topological polar surface area (TPSA) is 158 Å². The largest absolute Gasteiger partial charge is 0.454 e. The highest BCUT2D eigenvalue weighted by molar-refractivity contribution is 7.89. The molecule has 4 aliphatic rings. The Morgan fingerprint density at radius 3 is 2.55 bits per heavy atom. The van der Waals surface area contributed by atoms with Crippen molar-refractivity contribution in [3.8, 4) is 5.75 Å². The van der Waals surface area contributed by atoms with Crippen molar-refractivity contribution in [1.82, 2.24) is 19.5 Å². The van der Waals surface area contributed by atoms with E-state index in [1.165, 1.54) is 10.4 Å². The van der Waals surface area contributed by atoms with Crippen molar-refractivity contribution in [2.45, 2.75) is 42.5 Å². The third-order valence-corrected chi connectivity index (χ3v) is 11.2. The van der Waals surface area contributed by atoms with Crippen LogP contribution >= 0.6 is 0 Å². The summed E-state index contributed by atoms with van der Waals surface area (Å²) in [5, 5.41) is 14.9. The van der Waals surface area contributed by atoms with Gasteiger partial charge in [0.25, 0.3) is 21.7 Å². The summed E-state index contributed by atoms with van der Waals surface area (Å²) in [6.07, 6.45) is 1.04. The van der Waals surface area contributed by atoms with Gasteiger partial charge in [-0.05, 0) is 61.6 Å². The summed E-state index contributed by atoms with van der Waals surface area (Å²) in [7, 11) is -1.96. The van der Waals surface area contributed by atoms with Crippen LogP contribution in [0.1, 0.15) is 62.4 Å². The van der Waals surface area contributed by atoms with Gasteiger partial charge in [-0.1, -0.05) is 31.2 Å². The third-order valence-electron chi connectivity index (χ3n) is 9.34. The number of nitrogens with one attached hydrogen (secondary N) is 2. The molecule has 1 amide bonds. The van der Waals surface area contributed by atoms with Gasteiger partial charge in [0.05, 0.1) is 5.56 Å². The Hall–Kier alpha value is -3.71. The number of carbonyl (C=O) groups excluding carboxylic acids is 2. The minimum absolute atomic E-state index is 0.0342. The van der Waals surface area contributed by atoms with E-state index in [4.69, 9.17) is 10.5 Å². The number of sulfonamides is 1. The summed E-state index contributed by atoms with van der Waals surface area (Å²) in [5.41, 5.74) is 6.24. The number of rotatable bonds is 5. The molecule has 3 heterocycles. The first-order valence-corrected chi connectivity index (χ1v) is 15.5. The number of fused-ring (bicyclic) bond motifs is 5. The zero-order valence-corrected chi connectivity index (χ0v) is 24.4. The van der Waals surface area contributed by atoms with E-state index in [0.717, 1.165) is 12.0 Å². The summed E-state index contributed by atoms with van der Waals surface area (Å²) in [6.45, 7) is 5.63. The first-order valence-electron chi connectivity index (χ1n) is 14.1. The lowest BCUT2D eigenvalue weighted by atomic mass is 9.82. The number of ketones is 1. The number of piperazine rings is 1. The number of benzene rings is 2. The summed E-state index contributed by atoms with van der Waals surface area (Å²) >= 11 is 0.